The van der Waals surface area contributed by atoms with Crippen LogP contribution in [0.4, 0.5) is 20.6 Å². The van der Waals surface area contributed by atoms with Gasteiger partial charge in [0.25, 0.3) is 0 Å². The lowest BCUT2D eigenvalue weighted by molar-refractivity contribution is 0.166. The van der Waals surface area contributed by atoms with Crippen molar-refractivity contribution in [2.45, 2.75) is 32.9 Å². The highest BCUT2D eigenvalue weighted by atomic mass is 19.1. The summed E-state index contributed by atoms with van der Waals surface area (Å²) in [4.78, 5) is 15.1. The van der Waals surface area contributed by atoms with Crippen LogP contribution in [-0.4, -0.2) is 48.8 Å². The highest BCUT2D eigenvalue weighted by Crippen LogP contribution is 2.23. The molecule has 0 aliphatic carbocycles. The molecule has 0 saturated heterocycles. The van der Waals surface area contributed by atoms with Crippen molar-refractivity contribution in [1.29, 1.82) is 0 Å². The summed E-state index contributed by atoms with van der Waals surface area (Å²) in [5.74, 6) is -0.387. The molecule has 21 heavy (non-hydrogen) atoms. The van der Waals surface area contributed by atoms with Gasteiger partial charge in [0.05, 0.1) is 18.3 Å². The Hall–Kier alpha value is -1.82. The molecular weight excluding hydrogens is 273 g/mol. The summed E-state index contributed by atoms with van der Waals surface area (Å²) in [5, 5.41) is 11.6. The highest BCUT2D eigenvalue weighted by Gasteiger charge is 2.16. The van der Waals surface area contributed by atoms with Gasteiger partial charge in [0, 0.05) is 25.8 Å². The van der Waals surface area contributed by atoms with Crippen LogP contribution in [0.5, 0.6) is 0 Å². The van der Waals surface area contributed by atoms with E-state index in [9.17, 15) is 9.18 Å². The number of halogens is 1. The molecule has 6 heteroatoms. The first-order chi connectivity index (χ1) is 9.77. The predicted molar refractivity (Wildman–Crippen MR) is 83.3 cm³/mol. The average molecular weight is 297 g/mol. The first-order valence-corrected chi connectivity index (χ1v) is 6.95. The molecule has 0 radical (unpaired) electrons. The Morgan fingerprint density at radius 1 is 1.33 bits per heavy atom. The summed E-state index contributed by atoms with van der Waals surface area (Å²) >= 11 is 0. The molecule has 1 aromatic carbocycles. The molecule has 1 rings (SSSR count). The summed E-state index contributed by atoms with van der Waals surface area (Å²) in [7, 11) is 3.39. The Kier molecular flexibility index (Phi) is 5.96. The number of carbonyl (C=O) groups excluding carboxylic acids is 1. The van der Waals surface area contributed by atoms with E-state index in [1.165, 1.54) is 11.0 Å². The second-order valence-corrected chi connectivity index (χ2v) is 5.44. The van der Waals surface area contributed by atoms with Crippen LogP contribution in [0.1, 0.15) is 20.8 Å². The third kappa shape index (κ3) is 4.32. The van der Waals surface area contributed by atoms with Crippen LogP contribution < -0.4 is 10.2 Å². The van der Waals surface area contributed by atoms with E-state index in [1.807, 2.05) is 25.8 Å². The van der Waals surface area contributed by atoms with Crippen molar-refractivity contribution in [2.75, 3.05) is 30.9 Å². The minimum Gasteiger partial charge on any atom is -0.394 e. The standard InChI is InChI=1S/C15H24FN3O2/c1-10(2)18(4)14-7-6-12(8-13(14)16)17-15(21)19(5)11(3)9-20/h6-8,10-11,20H,9H2,1-5H3,(H,17,21). The van der Waals surface area contributed by atoms with Crippen LogP contribution in [0.2, 0.25) is 0 Å². The summed E-state index contributed by atoms with van der Waals surface area (Å²) in [6, 6.07) is 4.08. The molecule has 0 spiro atoms. The minimum atomic E-state index is -0.388. The molecule has 2 N–H and O–H groups in total. The lowest BCUT2D eigenvalue weighted by Gasteiger charge is -2.25. The zero-order chi connectivity index (χ0) is 16.2. The fourth-order valence-electron chi connectivity index (χ4n) is 1.68. The van der Waals surface area contributed by atoms with Crippen LogP contribution in [0.3, 0.4) is 0 Å². The number of hydrogen-bond donors (Lipinski definition) is 2. The number of nitrogens with one attached hydrogen (secondary N) is 1. The maximum absolute atomic E-state index is 14.1. The van der Waals surface area contributed by atoms with Crippen molar-refractivity contribution in [3.63, 3.8) is 0 Å². The minimum absolute atomic E-state index is 0.129. The van der Waals surface area contributed by atoms with Crippen molar-refractivity contribution in [3.8, 4) is 0 Å². The molecule has 2 amide bonds. The second-order valence-electron chi connectivity index (χ2n) is 5.44. The number of amides is 2. The molecule has 1 unspecified atom stereocenters. The molecule has 0 saturated carbocycles. The Morgan fingerprint density at radius 2 is 1.95 bits per heavy atom. The van der Waals surface area contributed by atoms with E-state index < -0.39 is 0 Å². The monoisotopic (exact) mass is 297 g/mol. The first-order valence-electron chi connectivity index (χ1n) is 6.95. The number of aliphatic hydroxyl groups excluding tert-OH is 1. The fraction of sp³-hybridized carbons (Fsp3) is 0.533. The number of likely N-dealkylation sites (N-methyl/N-ethyl adjacent to an activating group) is 1. The van der Waals surface area contributed by atoms with E-state index in [4.69, 9.17) is 5.11 Å². The van der Waals surface area contributed by atoms with E-state index in [0.717, 1.165) is 0 Å². The molecule has 0 aliphatic heterocycles. The molecule has 0 aromatic heterocycles. The molecule has 1 atom stereocenters. The van der Waals surface area contributed by atoms with Gasteiger partial charge in [-0.05, 0) is 39.0 Å². The van der Waals surface area contributed by atoms with Gasteiger partial charge in [-0.3, -0.25) is 0 Å². The number of hydrogen-bond acceptors (Lipinski definition) is 3. The zero-order valence-corrected chi connectivity index (χ0v) is 13.2. The summed E-state index contributed by atoms with van der Waals surface area (Å²) in [6.07, 6.45) is 0. The smallest absolute Gasteiger partial charge is 0.321 e. The molecule has 1 aromatic rings. The van der Waals surface area contributed by atoms with Gasteiger partial charge in [0.15, 0.2) is 0 Å². The van der Waals surface area contributed by atoms with Crippen LogP contribution >= 0.6 is 0 Å². The lowest BCUT2D eigenvalue weighted by atomic mass is 10.2. The van der Waals surface area contributed by atoms with Gasteiger partial charge in [0.1, 0.15) is 5.82 Å². The van der Waals surface area contributed by atoms with Crippen LogP contribution in [0.25, 0.3) is 0 Å². The number of anilines is 2. The van der Waals surface area contributed by atoms with Crippen molar-refractivity contribution < 1.29 is 14.3 Å². The molecule has 0 aliphatic rings. The number of urea groups is 1. The summed E-state index contributed by atoms with van der Waals surface area (Å²) < 4.78 is 14.1. The Morgan fingerprint density at radius 3 is 2.43 bits per heavy atom. The number of aliphatic hydroxyl groups is 1. The zero-order valence-electron chi connectivity index (χ0n) is 13.2. The molecule has 0 bridgehead atoms. The number of carbonyl (C=O) groups is 1. The molecule has 0 fully saturated rings. The second kappa shape index (κ2) is 7.26. The maximum atomic E-state index is 14.1. The molecule has 118 valence electrons. The molecular formula is C15H24FN3O2. The van der Waals surface area contributed by atoms with Crippen LogP contribution in [0, 0.1) is 5.82 Å². The van der Waals surface area contributed by atoms with E-state index in [0.29, 0.717) is 11.4 Å². The Bertz CT molecular complexity index is 494. The average Bonchev–Trinajstić information content (AvgIpc) is 2.44. The number of nitrogens with zero attached hydrogens (tertiary/aromatic N) is 2. The third-order valence-corrected chi connectivity index (χ3v) is 3.60. The highest BCUT2D eigenvalue weighted by molar-refractivity contribution is 5.89. The van der Waals surface area contributed by atoms with Crippen LogP contribution in [0.15, 0.2) is 18.2 Å². The van der Waals surface area contributed by atoms with Crippen molar-refractivity contribution in [3.05, 3.63) is 24.0 Å². The number of rotatable bonds is 5. The lowest BCUT2D eigenvalue weighted by Crippen LogP contribution is -2.40. The van der Waals surface area contributed by atoms with Crippen molar-refractivity contribution in [2.24, 2.45) is 0 Å². The SMILES string of the molecule is CC(CO)N(C)C(=O)Nc1ccc(N(C)C(C)C)c(F)c1. The van der Waals surface area contributed by atoms with Crippen molar-refractivity contribution >= 4 is 17.4 Å². The Labute approximate surface area is 125 Å². The Balaban J connectivity index is 2.83. The topological polar surface area (TPSA) is 55.8 Å². The first kappa shape index (κ1) is 17.2. The summed E-state index contributed by atoms with van der Waals surface area (Å²) in [5.41, 5.74) is 0.871. The predicted octanol–water partition coefficient (Wildman–Crippen LogP) is 2.51. The number of benzene rings is 1. The maximum Gasteiger partial charge on any atom is 0.321 e. The summed E-state index contributed by atoms with van der Waals surface area (Å²) in [6.45, 7) is 5.54. The van der Waals surface area contributed by atoms with Gasteiger partial charge >= 0.3 is 6.03 Å². The molecule has 5 nitrogen and oxygen atoms in total. The van der Waals surface area contributed by atoms with Gasteiger partial charge < -0.3 is 20.2 Å². The van der Waals surface area contributed by atoms with E-state index in [-0.39, 0.29) is 30.5 Å². The third-order valence-electron chi connectivity index (χ3n) is 3.60. The van der Waals surface area contributed by atoms with Crippen LogP contribution in [-0.2, 0) is 0 Å². The van der Waals surface area contributed by atoms with Gasteiger partial charge in [-0.2, -0.15) is 0 Å². The van der Waals surface area contributed by atoms with Gasteiger partial charge in [0.2, 0.25) is 0 Å². The van der Waals surface area contributed by atoms with Gasteiger partial charge in [-0.1, -0.05) is 0 Å². The van der Waals surface area contributed by atoms with Crippen molar-refractivity contribution in [1.82, 2.24) is 4.90 Å². The van der Waals surface area contributed by atoms with Gasteiger partial charge in [-0.15, -0.1) is 0 Å². The van der Waals surface area contributed by atoms with Gasteiger partial charge in [-0.25, -0.2) is 9.18 Å². The van der Waals surface area contributed by atoms with E-state index >= 15 is 0 Å². The quantitative estimate of drug-likeness (QED) is 0.878. The largest absolute Gasteiger partial charge is 0.394 e. The van der Waals surface area contributed by atoms with E-state index in [2.05, 4.69) is 5.32 Å². The normalized spacial score (nSPS) is 12.2. The molecule has 0 heterocycles. The fourth-order valence-corrected chi connectivity index (χ4v) is 1.68. The van der Waals surface area contributed by atoms with E-state index in [1.54, 1.807) is 26.1 Å².